The molecular formula is C24H28N4OS. The van der Waals surface area contributed by atoms with Gasteiger partial charge in [0.1, 0.15) is 0 Å². The monoisotopic (exact) mass is 420 g/mol. The highest BCUT2D eigenvalue weighted by atomic mass is 32.2. The summed E-state index contributed by atoms with van der Waals surface area (Å²) in [5.74, 6) is 1.23. The van der Waals surface area contributed by atoms with Crippen molar-refractivity contribution in [3.8, 4) is 0 Å². The van der Waals surface area contributed by atoms with Crippen LogP contribution in [0.1, 0.15) is 42.4 Å². The molecule has 5 rings (SSSR count). The first kappa shape index (κ1) is 19.5. The van der Waals surface area contributed by atoms with Crippen LogP contribution in [0.4, 0.5) is 0 Å². The number of carbonyl (C=O) groups excluding carboxylic acids is 1. The number of thioether (sulfide) groups is 1. The van der Waals surface area contributed by atoms with Crippen molar-refractivity contribution in [3.05, 3.63) is 71.3 Å². The van der Waals surface area contributed by atoms with Crippen LogP contribution in [-0.2, 0) is 17.1 Å². The minimum atomic E-state index is -0.183. The molecule has 30 heavy (non-hydrogen) atoms. The second-order valence-corrected chi connectivity index (χ2v) is 9.43. The molecule has 2 fully saturated rings. The van der Waals surface area contributed by atoms with Crippen molar-refractivity contribution < 1.29 is 4.79 Å². The molecule has 156 valence electrons. The number of hydrazone groups is 1. The molecule has 1 amide bonds. The van der Waals surface area contributed by atoms with Gasteiger partial charge in [-0.3, -0.25) is 15.1 Å². The van der Waals surface area contributed by atoms with Crippen LogP contribution in [-0.4, -0.2) is 33.2 Å². The molecule has 3 atom stereocenters. The maximum Gasteiger partial charge on any atom is 0.231 e. The predicted molar refractivity (Wildman–Crippen MR) is 121 cm³/mol. The fraction of sp³-hybridized carbons (Fsp3) is 0.417. The summed E-state index contributed by atoms with van der Waals surface area (Å²) in [7, 11) is 0. The first-order chi connectivity index (χ1) is 14.7. The van der Waals surface area contributed by atoms with Crippen LogP contribution in [0.15, 0.2) is 59.7 Å². The van der Waals surface area contributed by atoms with Crippen molar-refractivity contribution in [1.82, 2.24) is 15.2 Å². The van der Waals surface area contributed by atoms with E-state index in [-0.39, 0.29) is 24.2 Å². The Morgan fingerprint density at radius 2 is 1.87 bits per heavy atom. The highest BCUT2D eigenvalue weighted by Gasteiger charge is 2.50. The van der Waals surface area contributed by atoms with E-state index < -0.39 is 0 Å². The molecular weight excluding hydrogens is 392 g/mol. The Balaban J connectivity index is 1.38. The molecule has 1 saturated heterocycles. The molecule has 2 heterocycles. The van der Waals surface area contributed by atoms with Gasteiger partial charge in [0.2, 0.25) is 5.91 Å². The van der Waals surface area contributed by atoms with E-state index in [2.05, 4.69) is 53.6 Å². The molecule has 1 N–H and O–H groups in total. The lowest BCUT2D eigenvalue weighted by atomic mass is 9.81. The van der Waals surface area contributed by atoms with Gasteiger partial charge >= 0.3 is 0 Å². The molecule has 3 unspecified atom stereocenters. The minimum absolute atomic E-state index is 0.0726. The highest BCUT2D eigenvalue weighted by Crippen LogP contribution is 2.39. The second-order valence-electron chi connectivity index (χ2n) is 8.49. The van der Waals surface area contributed by atoms with Crippen molar-refractivity contribution in [3.63, 3.8) is 0 Å². The van der Waals surface area contributed by atoms with Crippen LogP contribution in [0.2, 0.25) is 0 Å². The fourth-order valence-corrected chi connectivity index (χ4v) is 5.92. The maximum atomic E-state index is 13.4. The van der Waals surface area contributed by atoms with Gasteiger partial charge in [0.25, 0.3) is 0 Å². The van der Waals surface area contributed by atoms with E-state index in [0.717, 1.165) is 35.7 Å². The van der Waals surface area contributed by atoms with Gasteiger partial charge in [-0.25, -0.2) is 0 Å². The van der Waals surface area contributed by atoms with E-state index in [1.165, 1.54) is 17.5 Å². The Labute approximate surface area is 182 Å². The van der Waals surface area contributed by atoms with Crippen molar-refractivity contribution >= 4 is 22.8 Å². The molecule has 0 aromatic heterocycles. The van der Waals surface area contributed by atoms with E-state index in [4.69, 9.17) is 5.10 Å². The van der Waals surface area contributed by atoms with Crippen LogP contribution in [0.5, 0.6) is 0 Å². The summed E-state index contributed by atoms with van der Waals surface area (Å²) in [6, 6.07) is 19.2. The Hall–Kier alpha value is -2.47. The van der Waals surface area contributed by atoms with Gasteiger partial charge in [-0.15, -0.1) is 0 Å². The van der Waals surface area contributed by atoms with Gasteiger partial charge < -0.3 is 4.90 Å². The molecule has 6 heteroatoms. The predicted octanol–water partition coefficient (Wildman–Crippen LogP) is 4.29. The van der Waals surface area contributed by atoms with E-state index >= 15 is 0 Å². The number of nitrogens with one attached hydrogen (secondary N) is 1. The molecule has 1 saturated carbocycles. The Kier molecular flexibility index (Phi) is 5.42. The normalized spacial score (nSPS) is 25.4. The van der Waals surface area contributed by atoms with Gasteiger partial charge in [-0.05, 0) is 30.9 Å². The number of amides is 1. The number of nitrogens with zero attached hydrogens (tertiary/aromatic N) is 3. The molecule has 2 aromatic carbocycles. The van der Waals surface area contributed by atoms with Gasteiger partial charge in [-0.2, -0.15) is 5.10 Å². The van der Waals surface area contributed by atoms with Gasteiger partial charge in [0.05, 0.1) is 5.92 Å². The zero-order chi connectivity index (χ0) is 20.5. The summed E-state index contributed by atoms with van der Waals surface area (Å²) in [4.78, 5) is 17.8. The van der Waals surface area contributed by atoms with Crippen LogP contribution in [0.3, 0.4) is 0 Å². The van der Waals surface area contributed by atoms with Crippen LogP contribution < -0.4 is 5.43 Å². The average molecular weight is 421 g/mol. The topological polar surface area (TPSA) is 47.9 Å². The molecule has 0 bridgehead atoms. The fourth-order valence-electron chi connectivity index (χ4n) is 4.95. The summed E-state index contributed by atoms with van der Waals surface area (Å²) in [6.07, 6.45) is 4.19. The summed E-state index contributed by atoms with van der Waals surface area (Å²) < 4.78 is 0. The Morgan fingerprint density at radius 1 is 1.07 bits per heavy atom. The van der Waals surface area contributed by atoms with Crippen LogP contribution in [0, 0.1) is 12.8 Å². The van der Waals surface area contributed by atoms with Crippen molar-refractivity contribution in [2.24, 2.45) is 11.0 Å². The number of hydrogen-bond acceptors (Lipinski definition) is 5. The maximum absolute atomic E-state index is 13.4. The van der Waals surface area contributed by atoms with Crippen LogP contribution in [0.25, 0.3) is 0 Å². The molecule has 2 aliphatic heterocycles. The molecule has 0 radical (unpaired) electrons. The second kappa shape index (κ2) is 8.34. The molecule has 1 aliphatic carbocycles. The largest absolute Gasteiger partial charge is 0.307 e. The summed E-state index contributed by atoms with van der Waals surface area (Å²) >= 11 is 1.77. The number of fused-ring (bicyclic) bond motifs is 3. The number of amidine groups is 1. The summed E-state index contributed by atoms with van der Waals surface area (Å²) in [5.41, 5.74) is 7.03. The number of hydrogen-bond donors (Lipinski definition) is 1. The van der Waals surface area contributed by atoms with E-state index in [1.807, 2.05) is 23.1 Å². The number of rotatable bonds is 4. The number of aryl methyl sites for hydroxylation is 1. The Bertz CT molecular complexity index is 947. The lowest BCUT2D eigenvalue weighted by Crippen LogP contribution is -2.66. The lowest BCUT2D eigenvalue weighted by molar-refractivity contribution is -0.156. The van der Waals surface area contributed by atoms with Crippen molar-refractivity contribution in [2.75, 3.05) is 0 Å². The zero-order valence-electron chi connectivity index (χ0n) is 17.3. The first-order valence-electron chi connectivity index (χ1n) is 10.8. The molecule has 5 nitrogen and oxygen atoms in total. The summed E-state index contributed by atoms with van der Waals surface area (Å²) in [5, 5.41) is 5.71. The molecule has 2 aromatic rings. The lowest BCUT2D eigenvalue weighted by Gasteiger charge is -2.50. The van der Waals surface area contributed by atoms with E-state index in [9.17, 15) is 4.79 Å². The van der Waals surface area contributed by atoms with Gasteiger partial charge in [0, 0.05) is 18.3 Å². The number of benzene rings is 2. The molecule has 3 aliphatic rings. The van der Waals surface area contributed by atoms with E-state index in [0.29, 0.717) is 6.54 Å². The quantitative estimate of drug-likeness (QED) is 0.802. The summed E-state index contributed by atoms with van der Waals surface area (Å²) in [6.45, 7) is 2.74. The Morgan fingerprint density at radius 3 is 2.70 bits per heavy atom. The van der Waals surface area contributed by atoms with E-state index in [1.54, 1.807) is 11.8 Å². The smallest absolute Gasteiger partial charge is 0.231 e. The molecule has 0 spiro atoms. The zero-order valence-corrected chi connectivity index (χ0v) is 18.1. The minimum Gasteiger partial charge on any atom is -0.307 e. The average Bonchev–Trinajstić information content (AvgIpc) is 3.20. The third-order valence-electron chi connectivity index (χ3n) is 6.39. The van der Waals surface area contributed by atoms with Crippen molar-refractivity contribution in [1.29, 1.82) is 0 Å². The SMILES string of the molecule is Cc1cccc(CSC2=NNC3N(Cc4ccccc4)C(=O)C4CCCCC4N23)c1. The third kappa shape index (κ3) is 3.69. The van der Waals surface area contributed by atoms with Gasteiger partial charge in [0.15, 0.2) is 11.5 Å². The van der Waals surface area contributed by atoms with Gasteiger partial charge in [-0.1, -0.05) is 84.8 Å². The standard InChI is InChI=1S/C24H28N4OS/c1-17-8-7-11-19(14-17)16-30-24-26-25-23-27(15-18-9-3-2-4-10-18)22(29)20-12-5-6-13-21(20)28(23)24/h2-4,7-11,14,20-21,23,25H,5-6,12-13,15-16H2,1H3. The van der Waals surface area contributed by atoms with Crippen molar-refractivity contribution in [2.45, 2.75) is 57.2 Å². The number of carbonyl (C=O) groups is 1. The first-order valence-corrected chi connectivity index (χ1v) is 11.8. The highest BCUT2D eigenvalue weighted by molar-refractivity contribution is 8.13. The van der Waals surface area contributed by atoms with Crippen LogP contribution >= 0.6 is 11.8 Å². The third-order valence-corrected chi connectivity index (χ3v) is 7.43.